The standard InChI is InChI=1S/C17H23NO2/c1-12-5-6-14(15(19)11-12)16(20)18-9-7-13(8-10-18)17(2,3)4/h5-7,11,19H,8-10H2,1-4H3. The highest BCUT2D eigenvalue weighted by Crippen LogP contribution is 2.31. The Morgan fingerprint density at radius 3 is 2.50 bits per heavy atom. The lowest BCUT2D eigenvalue weighted by atomic mass is 9.83. The number of benzene rings is 1. The highest BCUT2D eigenvalue weighted by molar-refractivity contribution is 5.97. The first-order valence-corrected chi connectivity index (χ1v) is 7.07. The van der Waals surface area contributed by atoms with E-state index in [2.05, 4.69) is 26.8 Å². The maximum absolute atomic E-state index is 12.4. The quantitative estimate of drug-likeness (QED) is 0.795. The molecule has 3 nitrogen and oxygen atoms in total. The molecule has 20 heavy (non-hydrogen) atoms. The van der Waals surface area contributed by atoms with Gasteiger partial charge in [0.2, 0.25) is 0 Å². The first kappa shape index (κ1) is 14.6. The van der Waals surface area contributed by atoms with E-state index < -0.39 is 0 Å². The summed E-state index contributed by atoms with van der Waals surface area (Å²) >= 11 is 0. The van der Waals surface area contributed by atoms with Gasteiger partial charge in [-0.3, -0.25) is 4.79 Å². The van der Waals surface area contributed by atoms with E-state index >= 15 is 0 Å². The Balaban J connectivity index is 2.14. The van der Waals surface area contributed by atoms with Crippen molar-refractivity contribution in [2.75, 3.05) is 13.1 Å². The van der Waals surface area contributed by atoms with Crippen molar-refractivity contribution < 1.29 is 9.90 Å². The van der Waals surface area contributed by atoms with Crippen LogP contribution in [0.4, 0.5) is 0 Å². The van der Waals surface area contributed by atoms with Gasteiger partial charge in [0.15, 0.2) is 0 Å². The number of amides is 1. The smallest absolute Gasteiger partial charge is 0.257 e. The van der Waals surface area contributed by atoms with E-state index in [-0.39, 0.29) is 17.1 Å². The second kappa shape index (κ2) is 5.31. The number of aryl methyl sites for hydroxylation is 1. The van der Waals surface area contributed by atoms with Crippen LogP contribution in [0.15, 0.2) is 29.8 Å². The van der Waals surface area contributed by atoms with Gasteiger partial charge >= 0.3 is 0 Å². The minimum Gasteiger partial charge on any atom is -0.507 e. The highest BCUT2D eigenvalue weighted by atomic mass is 16.3. The Bertz CT molecular complexity index is 553. The molecule has 1 heterocycles. The van der Waals surface area contributed by atoms with Crippen LogP contribution in [0.3, 0.4) is 0 Å². The Morgan fingerprint density at radius 2 is 2.00 bits per heavy atom. The Morgan fingerprint density at radius 1 is 1.30 bits per heavy atom. The minimum atomic E-state index is -0.0910. The zero-order chi connectivity index (χ0) is 14.9. The van der Waals surface area contributed by atoms with Crippen LogP contribution in [0, 0.1) is 12.3 Å². The van der Waals surface area contributed by atoms with Crippen LogP contribution in [-0.4, -0.2) is 29.0 Å². The molecule has 0 aliphatic carbocycles. The van der Waals surface area contributed by atoms with E-state index in [1.807, 2.05) is 13.0 Å². The van der Waals surface area contributed by atoms with Gasteiger partial charge in [-0.1, -0.05) is 38.5 Å². The number of carbonyl (C=O) groups is 1. The molecule has 0 spiro atoms. The van der Waals surface area contributed by atoms with Gasteiger partial charge in [-0.2, -0.15) is 0 Å². The van der Waals surface area contributed by atoms with Crippen LogP contribution < -0.4 is 0 Å². The molecule has 0 unspecified atom stereocenters. The van der Waals surface area contributed by atoms with Gasteiger partial charge in [0.1, 0.15) is 5.75 Å². The number of hydrogen-bond donors (Lipinski definition) is 1. The number of aromatic hydroxyl groups is 1. The van der Waals surface area contributed by atoms with Gasteiger partial charge < -0.3 is 10.0 Å². The van der Waals surface area contributed by atoms with Crippen molar-refractivity contribution in [2.45, 2.75) is 34.1 Å². The van der Waals surface area contributed by atoms with E-state index in [1.165, 1.54) is 5.57 Å². The normalized spacial score (nSPS) is 16.0. The molecule has 108 valence electrons. The molecular formula is C17H23NO2. The third-order valence-electron chi connectivity index (χ3n) is 3.84. The van der Waals surface area contributed by atoms with Crippen LogP contribution in [0.1, 0.15) is 43.1 Å². The van der Waals surface area contributed by atoms with E-state index in [1.54, 1.807) is 17.0 Å². The molecule has 0 bridgehead atoms. The molecule has 3 heteroatoms. The van der Waals surface area contributed by atoms with Gasteiger partial charge in [-0.05, 0) is 36.5 Å². The van der Waals surface area contributed by atoms with Crippen molar-refractivity contribution in [1.82, 2.24) is 4.90 Å². The molecule has 0 radical (unpaired) electrons. The van der Waals surface area contributed by atoms with Crippen molar-refractivity contribution in [2.24, 2.45) is 5.41 Å². The second-order valence-electron chi connectivity index (χ2n) is 6.50. The molecule has 1 aliphatic heterocycles. The zero-order valence-corrected chi connectivity index (χ0v) is 12.7. The fourth-order valence-electron chi connectivity index (χ4n) is 2.53. The average Bonchev–Trinajstić information content (AvgIpc) is 2.37. The number of nitrogens with zero attached hydrogens (tertiary/aromatic N) is 1. The van der Waals surface area contributed by atoms with Crippen molar-refractivity contribution >= 4 is 5.91 Å². The predicted octanol–water partition coefficient (Wildman–Crippen LogP) is 3.52. The molecule has 1 aliphatic rings. The molecule has 0 saturated carbocycles. The lowest BCUT2D eigenvalue weighted by Crippen LogP contribution is -2.36. The average molecular weight is 273 g/mol. The molecule has 0 atom stereocenters. The van der Waals surface area contributed by atoms with E-state index in [9.17, 15) is 9.90 Å². The van der Waals surface area contributed by atoms with Crippen molar-refractivity contribution in [3.8, 4) is 5.75 Å². The second-order valence-corrected chi connectivity index (χ2v) is 6.50. The van der Waals surface area contributed by atoms with Gasteiger partial charge in [0.25, 0.3) is 5.91 Å². The number of phenolic OH excluding ortho intramolecular Hbond substituents is 1. The van der Waals surface area contributed by atoms with E-state index in [0.29, 0.717) is 12.1 Å². The maximum atomic E-state index is 12.4. The lowest BCUT2D eigenvalue weighted by Gasteiger charge is -2.32. The summed E-state index contributed by atoms with van der Waals surface area (Å²) in [6, 6.07) is 5.19. The first-order valence-electron chi connectivity index (χ1n) is 7.07. The summed E-state index contributed by atoms with van der Waals surface area (Å²) in [6.07, 6.45) is 3.05. The molecule has 2 rings (SSSR count). The summed E-state index contributed by atoms with van der Waals surface area (Å²) in [5, 5.41) is 9.91. The van der Waals surface area contributed by atoms with Gasteiger partial charge in [0.05, 0.1) is 5.56 Å². The number of rotatable bonds is 1. The SMILES string of the molecule is Cc1ccc(C(=O)N2CC=C(C(C)(C)C)CC2)c(O)c1. The van der Waals surface area contributed by atoms with Gasteiger partial charge in [-0.25, -0.2) is 0 Å². The van der Waals surface area contributed by atoms with Gasteiger partial charge in [0, 0.05) is 13.1 Å². The van der Waals surface area contributed by atoms with E-state index in [0.717, 1.165) is 18.5 Å². The molecular weight excluding hydrogens is 250 g/mol. The molecule has 0 fully saturated rings. The Labute approximate surface area is 120 Å². The molecule has 0 aromatic heterocycles. The lowest BCUT2D eigenvalue weighted by molar-refractivity contribution is 0.0762. The number of hydrogen-bond acceptors (Lipinski definition) is 2. The van der Waals surface area contributed by atoms with Crippen LogP contribution in [0.2, 0.25) is 0 Å². The molecule has 1 amide bonds. The van der Waals surface area contributed by atoms with Crippen LogP contribution in [0.5, 0.6) is 5.75 Å². The third-order valence-corrected chi connectivity index (χ3v) is 3.84. The van der Waals surface area contributed by atoms with Crippen molar-refractivity contribution in [3.63, 3.8) is 0 Å². The summed E-state index contributed by atoms with van der Waals surface area (Å²) in [6.45, 7) is 9.83. The summed E-state index contributed by atoms with van der Waals surface area (Å²) in [7, 11) is 0. The monoisotopic (exact) mass is 273 g/mol. The molecule has 1 N–H and O–H groups in total. The zero-order valence-electron chi connectivity index (χ0n) is 12.7. The minimum absolute atomic E-state index is 0.0700. The Hall–Kier alpha value is -1.77. The number of carbonyl (C=O) groups excluding carboxylic acids is 1. The fourth-order valence-corrected chi connectivity index (χ4v) is 2.53. The molecule has 1 aromatic rings. The van der Waals surface area contributed by atoms with Crippen LogP contribution in [-0.2, 0) is 0 Å². The molecule has 1 aromatic carbocycles. The van der Waals surface area contributed by atoms with E-state index in [4.69, 9.17) is 0 Å². The maximum Gasteiger partial charge on any atom is 0.257 e. The first-order chi connectivity index (χ1) is 9.29. The third kappa shape index (κ3) is 3.03. The summed E-state index contributed by atoms with van der Waals surface area (Å²) < 4.78 is 0. The van der Waals surface area contributed by atoms with Crippen LogP contribution in [0.25, 0.3) is 0 Å². The number of phenols is 1. The van der Waals surface area contributed by atoms with Crippen molar-refractivity contribution in [3.05, 3.63) is 41.0 Å². The topological polar surface area (TPSA) is 40.5 Å². The summed E-state index contributed by atoms with van der Waals surface area (Å²) in [4.78, 5) is 14.2. The Kier molecular flexibility index (Phi) is 3.89. The molecule has 0 saturated heterocycles. The predicted molar refractivity (Wildman–Crippen MR) is 80.9 cm³/mol. The summed E-state index contributed by atoms with van der Waals surface area (Å²) in [5.74, 6) is -0.0210. The van der Waals surface area contributed by atoms with Crippen LogP contribution >= 0.6 is 0 Å². The fraction of sp³-hybridized carbons (Fsp3) is 0.471. The van der Waals surface area contributed by atoms with Crippen molar-refractivity contribution in [1.29, 1.82) is 0 Å². The highest BCUT2D eigenvalue weighted by Gasteiger charge is 2.25. The largest absolute Gasteiger partial charge is 0.507 e. The van der Waals surface area contributed by atoms with Gasteiger partial charge in [-0.15, -0.1) is 0 Å². The summed E-state index contributed by atoms with van der Waals surface area (Å²) in [5.41, 5.74) is 2.91.